The van der Waals surface area contributed by atoms with Crippen LogP contribution < -0.4 is 0 Å². The molecule has 0 saturated carbocycles. The molecule has 6 heteroatoms. The van der Waals surface area contributed by atoms with E-state index in [0.717, 1.165) is 12.8 Å². The van der Waals surface area contributed by atoms with Crippen LogP contribution in [0.2, 0.25) is 0 Å². The van der Waals surface area contributed by atoms with Crippen molar-refractivity contribution in [1.29, 1.82) is 0 Å². The number of hydrogen-bond acceptors (Lipinski definition) is 5. The van der Waals surface area contributed by atoms with Gasteiger partial charge in [0.25, 0.3) is 0 Å². The molecule has 0 radical (unpaired) electrons. The summed E-state index contributed by atoms with van der Waals surface area (Å²) in [6.07, 6.45) is 5.99. The van der Waals surface area contributed by atoms with Crippen LogP contribution in [0.5, 0.6) is 0 Å². The molecule has 0 aromatic heterocycles. The summed E-state index contributed by atoms with van der Waals surface area (Å²) >= 11 is 0. The molecule has 118 valence electrons. The van der Waals surface area contributed by atoms with Crippen LogP contribution in [0, 0.1) is 0 Å². The fourth-order valence-corrected chi connectivity index (χ4v) is 1.54. The highest BCUT2D eigenvalue weighted by Crippen LogP contribution is 2.05. The number of aliphatic carboxylic acids is 1. The first-order valence-electron chi connectivity index (χ1n) is 7.19. The molecule has 0 rings (SSSR count). The second kappa shape index (κ2) is 14.3. The molecular formula is C14H26O6. The maximum absolute atomic E-state index is 11.3. The number of carboxylic acids is 1. The lowest BCUT2D eigenvalue weighted by atomic mass is 10.1. The van der Waals surface area contributed by atoms with Gasteiger partial charge in [-0.25, -0.2) is 4.79 Å². The normalized spacial score (nSPS) is 10.4. The zero-order valence-corrected chi connectivity index (χ0v) is 12.3. The second-order valence-corrected chi connectivity index (χ2v) is 4.44. The number of carboxylic acid groups (broad SMARTS) is 1. The van der Waals surface area contributed by atoms with Gasteiger partial charge in [0.1, 0.15) is 13.2 Å². The fraction of sp³-hybridized carbons (Fsp3) is 0.857. The van der Waals surface area contributed by atoms with Crippen LogP contribution in [-0.4, -0.2) is 50.1 Å². The van der Waals surface area contributed by atoms with E-state index in [2.05, 4.69) is 6.92 Å². The Morgan fingerprint density at radius 2 is 1.55 bits per heavy atom. The van der Waals surface area contributed by atoms with Crippen LogP contribution in [0.3, 0.4) is 0 Å². The van der Waals surface area contributed by atoms with Crippen molar-refractivity contribution >= 4 is 11.9 Å². The van der Waals surface area contributed by atoms with Crippen LogP contribution in [0.25, 0.3) is 0 Å². The minimum atomic E-state index is -1.00. The monoisotopic (exact) mass is 290 g/mol. The molecule has 0 unspecified atom stereocenters. The van der Waals surface area contributed by atoms with Crippen LogP contribution in [0.4, 0.5) is 0 Å². The zero-order chi connectivity index (χ0) is 15.1. The molecule has 0 aliphatic carbocycles. The third-order valence-electron chi connectivity index (χ3n) is 2.57. The van der Waals surface area contributed by atoms with Gasteiger partial charge in [-0.3, -0.25) is 4.79 Å². The number of hydrogen-bond donors (Lipinski definition) is 1. The van der Waals surface area contributed by atoms with E-state index in [9.17, 15) is 9.59 Å². The van der Waals surface area contributed by atoms with Crippen LogP contribution in [0.1, 0.15) is 45.4 Å². The summed E-state index contributed by atoms with van der Waals surface area (Å²) in [4.78, 5) is 21.4. The second-order valence-electron chi connectivity index (χ2n) is 4.44. The van der Waals surface area contributed by atoms with Crippen molar-refractivity contribution in [2.24, 2.45) is 0 Å². The van der Waals surface area contributed by atoms with Crippen LogP contribution in [0.15, 0.2) is 0 Å². The Kier molecular flexibility index (Phi) is 13.5. The predicted molar refractivity (Wildman–Crippen MR) is 73.6 cm³/mol. The maximum Gasteiger partial charge on any atom is 0.329 e. The van der Waals surface area contributed by atoms with E-state index in [1.165, 1.54) is 19.3 Å². The van der Waals surface area contributed by atoms with Gasteiger partial charge in [0, 0.05) is 6.42 Å². The third kappa shape index (κ3) is 14.9. The molecule has 0 aliphatic rings. The highest BCUT2D eigenvalue weighted by Gasteiger charge is 2.02. The van der Waals surface area contributed by atoms with Crippen molar-refractivity contribution in [3.8, 4) is 0 Å². The number of esters is 1. The summed E-state index contributed by atoms with van der Waals surface area (Å²) < 4.78 is 14.9. The first kappa shape index (κ1) is 18.9. The molecule has 6 nitrogen and oxygen atoms in total. The van der Waals surface area contributed by atoms with Gasteiger partial charge in [-0.05, 0) is 6.42 Å². The summed E-state index contributed by atoms with van der Waals surface area (Å²) in [5, 5.41) is 8.31. The van der Waals surface area contributed by atoms with Crippen molar-refractivity contribution in [1.82, 2.24) is 0 Å². The number of ether oxygens (including phenoxy) is 3. The molecule has 0 aromatic rings. The number of carbonyl (C=O) groups is 2. The average molecular weight is 290 g/mol. The van der Waals surface area contributed by atoms with E-state index in [0.29, 0.717) is 19.6 Å². The molecule has 0 aromatic carbocycles. The summed E-state index contributed by atoms with van der Waals surface area (Å²) in [5.74, 6) is -1.19. The number of unbranched alkanes of at least 4 members (excludes halogenated alkanes) is 4. The van der Waals surface area contributed by atoms with Gasteiger partial charge in [0.15, 0.2) is 0 Å². The Balaban J connectivity index is 3.17. The topological polar surface area (TPSA) is 82.1 Å². The summed E-state index contributed by atoms with van der Waals surface area (Å²) in [6.45, 7) is 2.88. The van der Waals surface area contributed by atoms with Gasteiger partial charge >= 0.3 is 11.9 Å². The summed E-state index contributed by atoms with van der Waals surface area (Å²) in [5.41, 5.74) is 0. The lowest BCUT2D eigenvalue weighted by Crippen LogP contribution is -2.14. The minimum Gasteiger partial charge on any atom is -0.480 e. The Morgan fingerprint density at radius 3 is 2.25 bits per heavy atom. The molecule has 0 saturated heterocycles. The molecule has 0 spiro atoms. The Bertz CT molecular complexity index is 254. The quantitative estimate of drug-likeness (QED) is 0.389. The molecular weight excluding hydrogens is 264 g/mol. The van der Waals surface area contributed by atoms with E-state index in [-0.39, 0.29) is 25.8 Å². The molecule has 0 fully saturated rings. The summed E-state index contributed by atoms with van der Waals surface area (Å²) in [6, 6.07) is 0. The van der Waals surface area contributed by atoms with Crippen molar-refractivity contribution in [2.45, 2.75) is 45.4 Å². The zero-order valence-electron chi connectivity index (χ0n) is 12.3. The van der Waals surface area contributed by atoms with Gasteiger partial charge in [-0.2, -0.15) is 0 Å². The highest BCUT2D eigenvalue weighted by molar-refractivity contribution is 5.69. The van der Waals surface area contributed by atoms with E-state index >= 15 is 0 Å². The van der Waals surface area contributed by atoms with Gasteiger partial charge in [0.2, 0.25) is 0 Å². The maximum atomic E-state index is 11.3. The molecule has 0 atom stereocenters. The number of carbonyl (C=O) groups excluding carboxylic acids is 1. The van der Waals surface area contributed by atoms with Crippen molar-refractivity contribution in [3.05, 3.63) is 0 Å². The van der Waals surface area contributed by atoms with Gasteiger partial charge in [0.05, 0.1) is 19.8 Å². The van der Waals surface area contributed by atoms with Crippen molar-refractivity contribution in [2.75, 3.05) is 33.0 Å². The largest absolute Gasteiger partial charge is 0.480 e. The van der Waals surface area contributed by atoms with Gasteiger partial charge in [-0.1, -0.05) is 32.6 Å². The SMILES string of the molecule is CCCCCCCC(=O)OCCOCCOCC(=O)O. The van der Waals surface area contributed by atoms with Crippen LogP contribution in [-0.2, 0) is 23.8 Å². The molecule has 20 heavy (non-hydrogen) atoms. The Hall–Kier alpha value is -1.14. The molecule has 0 bridgehead atoms. The lowest BCUT2D eigenvalue weighted by molar-refractivity contribution is -0.146. The molecule has 1 N–H and O–H groups in total. The van der Waals surface area contributed by atoms with Gasteiger partial charge in [-0.15, -0.1) is 0 Å². The van der Waals surface area contributed by atoms with E-state index in [1.807, 2.05) is 0 Å². The highest BCUT2D eigenvalue weighted by atomic mass is 16.6. The number of rotatable bonds is 14. The fourth-order valence-electron chi connectivity index (χ4n) is 1.54. The smallest absolute Gasteiger partial charge is 0.329 e. The molecule has 0 amide bonds. The van der Waals surface area contributed by atoms with Gasteiger partial charge < -0.3 is 19.3 Å². The van der Waals surface area contributed by atoms with Crippen molar-refractivity contribution in [3.63, 3.8) is 0 Å². The minimum absolute atomic E-state index is 0.188. The van der Waals surface area contributed by atoms with E-state index < -0.39 is 5.97 Å². The van der Waals surface area contributed by atoms with E-state index in [4.69, 9.17) is 19.3 Å². The third-order valence-corrected chi connectivity index (χ3v) is 2.57. The lowest BCUT2D eigenvalue weighted by Gasteiger charge is -2.06. The molecule has 0 aliphatic heterocycles. The summed E-state index contributed by atoms with van der Waals surface area (Å²) in [7, 11) is 0. The average Bonchev–Trinajstić information content (AvgIpc) is 2.41. The van der Waals surface area contributed by atoms with Crippen molar-refractivity contribution < 1.29 is 28.9 Å². The molecule has 0 heterocycles. The van der Waals surface area contributed by atoms with E-state index in [1.54, 1.807) is 0 Å². The Morgan fingerprint density at radius 1 is 0.900 bits per heavy atom. The Labute approximate surface area is 120 Å². The van der Waals surface area contributed by atoms with Crippen LogP contribution >= 0.6 is 0 Å². The standard InChI is InChI=1S/C14H26O6/c1-2-3-4-5-6-7-14(17)20-11-10-18-8-9-19-12-13(15)16/h2-12H2,1H3,(H,15,16). The first-order valence-corrected chi connectivity index (χ1v) is 7.19. The predicted octanol–water partition coefficient (Wildman–Crippen LogP) is 2.01. The first-order chi connectivity index (χ1) is 9.66.